The first-order valence-corrected chi connectivity index (χ1v) is 7.09. The maximum absolute atomic E-state index is 11.9. The lowest BCUT2D eigenvalue weighted by molar-refractivity contribution is -0.135. The summed E-state index contributed by atoms with van der Waals surface area (Å²) in [5, 5.41) is 0. The number of ether oxygens (including phenoxy) is 1. The second-order valence-corrected chi connectivity index (χ2v) is 5.96. The van der Waals surface area contributed by atoms with E-state index in [1.807, 2.05) is 6.08 Å². The van der Waals surface area contributed by atoms with Gasteiger partial charge in [0.15, 0.2) is 5.78 Å². The maximum atomic E-state index is 11.9. The summed E-state index contributed by atoms with van der Waals surface area (Å²) in [5.41, 5.74) is 2.87. The van der Waals surface area contributed by atoms with Crippen LogP contribution in [0.4, 0.5) is 0 Å². The summed E-state index contributed by atoms with van der Waals surface area (Å²) in [7, 11) is 0. The number of hydrogen-bond acceptors (Lipinski definition) is 2. The van der Waals surface area contributed by atoms with E-state index in [9.17, 15) is 4.79 Å². The van der Waals surface area contributed by atoms with Crippen LogP contribution in [0.3, 0.4) is 0 Å². The zero-order valence-corrected chi connectivity index (χ0v) is 10.5. The van der Waals surface area contributed by atoms with E-state index in [1.165, 1.54) is 43.3 Å². The molecule has 0 amide bonds. The van der Waals surface area contributed by atoms with Crippen molar-refractivity contribution in [1.82, 2.24) is 0 Å². The van der Waals surface area contributed by atoms with E-state index in [-0.39, 0.29) is 23.4 Å². The number of ketones is 1. The summed E-state index contributed by atoms with van der Waals surface area (Å²) in [4.78, 5) is 11.9. The molecule has 0 aromatic carbocycles. The fraction of sp³-hybridized carbons (Fsp3) is 0.562. The standard InChI is InChI=1S/C16H18O2/c17-13-7-8-14-16(9-2-1-3-10-16)12-6-4-5-11(12)15(13)18-14/h4,6-8,14-15H,1-3,5,9-10H2/t14-,15-/m0/s1. The predicted octanol–water partition coefficient (Wildman–Crippen LogP) is 3.10. The lowest BCUT2D eigenvalue weighted by Crippen LogP contribution is -2.49. The van der Waals surface area contributed by atoms with Crippen molar-refractivity contribution in [3.05, 3.63) is 35.5 Å². The molecule has 0 saturated heterocycles. The number of carbonyl (C=O) groups is 1. The Hall–Kier alpha value is -1.15. The molecule has 1 spiro atoms. The molecule has 0 radical (unpaired) electrons. The van der Waals surface area contributed by atoms with Crippen molar-refractivity contribution in [3.8, 4) is 0 Å². The topological polar surface area (TPSA) is 26.3 Å². The Morgan fingerprint density at radius 1 is 1.17 bits per heavy atom. The summed E-state index contributed by atoms with van der Waals surface area (Å²) in [6.07, 6.45) is 15.4. The molecule has 94 valence electrons. The molecule has 0 aromatic heterocycles. The minimum absolute atomic E-state index is 0.127. The van der Waals surface area contributed by atoms with Crippen LogP contribution in [-0.2, 0) is 9.53 Å². The van der Waals surface area contributed by atoms with Gasteiger partial charge in [0.25, 0.3) is 0 Å². The maximum Gasteiger partial charge on any atom is 0.188 e. The first-order valence-electron chi connectivity index (χ1n) is 7.09. The van der Waals surface area contributed by atoms with E-state index >= 15 is 0 Å². The molecule has 1 fully saturated rings. The van der Waals surface area contributed by atoms with E-state index in [2.05, 4.69) is 12.2 Å². The van der Waals surface area contributed by atoms with E-state index in [4.69, 9.17) is 4.74 Å². The highest BCUT2D eigenvalue weighted by Crippen LogP contribution is 2.54. The van der Waals surface area contributed by atoms with Crippen LogP contribution in [0.1, 0.15) is 38.5 Å². The van der Waals surface area contributed by atoms with Crippen LogP contribution >= 0.6 is 0 Å². The zero-order valence-electron chi connectivity index (χ0n) is 10.5. The molecular formula is C16H18O2. The lowest BCUT2D eigenvalue weighted by atomic mass is 9.62. The van der Waals surface area contributed by atoms with Gasteiger partial charge in [0, 0.05) is 5.41 Å². The Morgan fingerprint density at radius 2 is 2.00 bits per heavy atom. The number of rotatable bonds is 0. The van der Waals surface area contributed by atoms with E-state index in [0.29, 0.717) is 0 Å². The third kappa shape index (κ3) is 1.24. The highest BCUT2D eigenvalue weighted by molar-refractivity contribution is 5.97. The van der Waals surface area contributed by atoms with Crippen LogP contribution in [0, 0.1) is 5.41 Å². The molecule has 0 aromatic rings. The molecule has 4 aliphatic rings. The van der Waals surface area contributed by atoms with Crippen molar-refractivity contribution < 1.29 is 9.53 Å². The third-order valence-electron chi connectivity index (χ3n) is 5.09. The van der Waals surface area contributed by atoms with Crippen molar-refractivity contribution in [1.29, 1.82) is 0 Å². The summed E-state index contributed by atoms with van der Waals surface area (Å²) in [6, 6.07) is 0. The van der Waals surface area contributed by atoms with Gasteiger partial charge in [-0.3, -0.25) is 4.79 Å². The lowest BCUT2D eigenvalue weighted by Gasteiger charge is -2.49. The van der Waals surface area contributed by atoms with Gasteiger partial charge in [0.05, 0.1) is 6.10 Å². The number of hydrogen-bond donors (Lipinski definition) is 0. The van der Waals surface area contributed by atoms with E-state index in [1.54, 1.807) is 6.08 Å². The smallest absolute Gasteiger partial charge is 0.188 e. The van der Waals surface area contributed by atoms with Crippen LogP contribution in [0.15, 0.2) is 35.5 Å². The molecule has 0 N–H and O–H groups in total. The average molecular weight is 242 g/mol. The second-order valence-electron chi connectivity index (χ2n) is 5.96. The minimum atomic E-state index is -0.280. The molecule has 2 heteroatoms. The summed E-state index contributed by atoms with van der Waals surface area (Å²) in [6.45, 7) is 0. The molecule has 4 rings (SSSR count). The van der Waals surface area contributed by atoms with Gasteiger partial charge in [-0.25, -0.2) is 0 Å². The van der Waals surface area contributed by atoms with Crippen molar-refractivity contribution >= 4 is 5.78 Å². The number of carbonyl (C=O) groups excluding carboxylic acids is 1. The molecule has 2 atom stereocenters. The molecule has 1 saturated carbocycles. The largest absolute Gasteiger partial charge is 0.357 e. The number of fused-ring (bicyclic) bond motifs is 5. The van der Waals surface area contributed by atoms with Crippen LogP contribution < -0.4 is 0 Å². The number of allylic oxidation sites excluding steroid dienone is 2. The summed E-state index contributed by atoms with van der Waals surface area (Å²) < 4.78 is 6.11. The molecule has 2 bridgehead atoms. The highest BCUT2D eigenvalue weighted by Gasteiger charge is 2.51. The fourth-order valence-corrected chi connectivity index (χ4v) is 4.24. The van der Waals surface area contributed by atoms with E-state index < -0.39 is 0 Å². The molecule has 0 unspecified atom stereocenters. The molecule has 18 heavy (non-hydrogen) atoms. The van der Waals surface area contributed by atoms with Crippen molar-refractivity contribution in [2.45, 2.75) is 50.7 Å². The van der Waals surface area contributed by atoms with E-state index in [0.717, 1.165) is 6.42 Å². The predicted molar refractivity (Wildman–Crippen MR) is 69.1 cm³/mol. The zero-order chi connectivity index (χ0) is 12.2. The first-order chi connectivity index (χ1) is 8.81. The van der Waals surface area contributed by atoms with Gasteiger partial charge in [0.2, 0.25) is 0 Å². The van der Waals surface area contributed by atoms with Gasteiger partial charge in [0.1, 0.15) is 6.10 Å². The van der Waals surface area contributed by atoms with Gasteiger partial charge in [-0.05, 0) is 36.5 Å². The Morgan fingerprint density at radius 3 is 2.83 bits per heavy atom. The van der Waals surface area contributed by atoms with Crippen LogP contribution in [-0.4, -0.2) is 18.0 Å². The SMILES string of the molecule is O=C1C=C[C@@H]2O[C@H]1C1=C(C=CC1)C21CCCCC1. The fourth-order valence-electron chi connectivity index (χ4n) is 4.24. The Labute approximate surface area is 107 Å². The average Bonchev–Trinajstić information content (AvgIpc) is 2.89. The molecule has 2 nitrogen and oxygen atoms in total. The molecule has 2 heterocycles. The van der Waals surface area contributed by atoms with Gasteiger partial charge in [-0.2, -0.15) is 0 Å². The Bertz CT molecular complexity index is 489. The molecule has 2 aliphatic heterocycles. The van der Waals surface area contributed by atoms with Crippen LogP contribution in [0.25, 0.3) is 0 Å². The normalized spacial score (nSPS) is 36.3. The molecular weight excluding hydrogens is 224 g/mol. The van der Waals surface area contributed by atoms with Gasteiger partial charge >= 0.3 is 0 Å². The summed E-state index contributed by atoms with van der Waals surface area (Å²) >= 11 is 0. The minimum Gasteiger partial charge on any atom is -0.357 e. The van der Waals surface area contributed by atoms with Gasteiger partial charge in [-0.15, -0.1) is 0 Å². The van der Waals surface area contributed by atoms with Crippen molar-refractivity contribution in [2.24, 2.45) is 5.41 Å². The van der Waals surface area contributed by atoms with Crippen molar-refractivity contribution in [3.63, 3.8) is 0 Å². The Kier molecular flexibility index (Phi) is 2.19. The van der Waals surface area contributed by atoms with Gasteiger partial charge < -0.3 is 4.74 Å². The van der Waals surface area contributed by atoms with Crippen LogP contribution in [0.5, 0.6) is 0 Å². The van der Waals surface area contributed by atoms with Gasteiger partial charge in [-0.1, -0.05) is 37.5 Å². The third-order valence-corrected chi connectivity index (χ3v) is 5.09. The molecule has 2 aliphatic carbocycles. The summed E-state index contributed by atoms with van der Waals surface area (Å²) in [5.74, 6) is 0.133. The second kappa shape index (κ2) is 3.67. The monoisotopic (exact) mass is 242 g/mol. The first kappa shape index (κ1) is 10.7. The highest BCUT2D eigenvalue weighted by atomic mass is 16.5. The Balaban J connectivity index is 1.87. The van der Waals surface area contributed by atoms with Crippen molar-refractivity contribution in [2.75, 3.05) is 0 Å². The van der Waals surface area contributed by atoms with Crippen LogP contribution in [0.2, 0.25) is 0 Å². The quantitative estimate of drug-likeness (QED) is 0.652.